The number of aryl methyl sites for hydroxylation is 1. The van der Waals surface area contributed by atoms with Gasteiger partial charge in [-0.05, 0) is 36.4 Å². The SMILES string of the molecule is COc1cccc(CN(C)CCOC(c2ccccc2)c2ccnn2C)c1. The molecule has 3 aromatic rings. The van der Waals surface area contributed by atoms with Crippen LogP contribution in [0, 0.1) is 0 Å². The highest BCUT2D eigenvalue weighted by Gasteiger charge is 2.18. The molecule has 2 aromatic carbocycles. The third-order valence-electron chi connectivity index (χ3n) is 4.57. The fourth-order valence-corrected chi connectivity index (χ4v) is 3.11. The van der Waals surface area contributed by atoms with E-state index in [0.717, 1.165) is 30.1 Å². The summed E-state index contributed by atoms with van der Waals surface area (Å²) < 4.78 is 13.5. The van der Waals surface area contributed by atoms with Crippen LogP contribution in [0.5, 0.6) is 5.75 Å². The number of benzene rings is 2. The molecule has 0 radical (unpaired) electrons. The molecule has 5 nitrogen and oxygen atoms in total. The Hall–Kier alpha value is -2.63. The van der Waals surface area contributed by atoms with E-state index >= 15 is 0 Å². The van der Waals surface area contributed by atoms with E-state index in [0.29, 0.717) is 6.61 Å². The zero-order chi connectivity index (χ0) is 19.1. The van der Waals surface area contributed by atoms with Gasteiger partial charge in [0.2, 0.25) is 0 Å². The summed E-state index contributed by atoms with van der Waals surface area (Å²) >= 11 is 0. The van der Waals surface area contributed by atoms with Crippen molar-refractivity contribution in [2.75, 3.05) is 27.3 Å². The van der Waals surface area contributed by atoms with Gasteiger partial charge in [-0.25, -0.2) is 0 Å². The first kappa shape index (κ1) is 19.1. The Bertz CT molecular complexity index is 832. The molecular weight excluding hydrogens is 338 g/mol. The summed E-state index contributed by atoms with van der Waals surface area (Å²) in [7, 11) is 5.74. The highest BCUT2D eigenvalue weighted by Crippen LogP contribution is 2.25. The predicted molar refractivity (Wildman–Crippen MR) is 107 cm³/mol. The van der Waals surface area contributed by atoms with Gasteiger partial charge >= 0.3 is 0 Å². The van der Waals surface area contributed by atoms with Crippen LogP contribution in [-0.4, -0.2) is 42.0 Å². The van der Waals surface area contributed by atoms with Crippen LogP contribution in [0.15, 0.2) is 66.9 Å². The van der Waals surface area contributed by atoms with E-state index in [9.17, 15) is 0 Å². The molecule has 0 aliphatic rings. The van der Waals surface area contributed by atoms with Gasteiger partial charge in [-0.15, -0.1) is 0 Å². The molecule has 1 aromatic heterocycles. The number of rotatable bonds is 9. The highest BCUT2D eigenvalue weighted by atomic mass is 16.5. The van der Waals surface area contributed by atoms with Crippen LogP contribution in [0.4, 0.5) is 0 Å². The average Bonchev–Trinajstić information content (AvgIpc) is 3.11. The number of ether oxygens (including phenoxy) is 2. The second-order valence-corrected chi connectivity index (χ2v) is 6.63. The van der Waals surface area contributed by atoms with E-state index in [2.05, 4.69) is 41.3 Å². The van der Waals surface area contributed by atoms with Crippen LogP contribution in [0.3, 0.4) is 0 Å². The van der Waals surface area contributed by atoms with Gasteiger partial charge in [0.25, 0.3) is 0 Å². The standard InChI is InChI=1S/C22H27N3O2/c1-24(17-18-8-7-11-20(16-18)26-3)14-15-27-22(19-9-5-4-6-10-19)21-12-13-23-25(21)2/h4-13,16,22H,14-15,17H2,1-3H3. The van der Waals surface area contributed by atoms with Crippen molar-refractivity contribution in [2.45, 2.75) is 12.6 Å². The van der Waals surface area contributed by atoms with Crippen LogP contribution in [-0.2, 0) is 18.3 Å². The van der Waals surface area contributed by atoms with Gasteiger partial charge in [-0.3, -0.25) is 9.58 Å². The molecule has 0 saturated carbocycles. The lowest BCUT2D eigenvalue weighted by atomic mass is 10.1. The lowest BCUT2D eigenvalue weighted by molar-refractivity contribution is 0.0589. The van der Waals surface area contributed by atoms with Gasteiger partial charge in [0, 0.05) is 26.3 Å². The first-order chi connectivity index (χ1) is 13.2. The van der Waals surface area contributed by atoms with Crippen LogP contribution in [0.25, 0.3) is 0 Å². The van der Waals surface area contributed by atoms with E-state index in [4.69, 9.17) is 9.47 Å². The molecule has 0 bridgehead atoms. The molecule has 5 heteroatoms. The molecule has 142 valence electrons. The van der Waals surface area contributed by atoms with Crippen LogP contribution >= 0.6 is 0 Å². The van der Waals surface area contributed by atoms with E-state index < -0.39 is 0 Å². The first-order valence-corrected chi connectivity index (χ1v) is 9.13. The minimum Gasteiger partial charge on any atom is -0.497 e. The summed E-state index contributed by atoms with van der Waals surface area (Å²) in [5.41, 5.74) is 3.41. The maximum Gasteiger partial charge on any atom is 0.124 e. The highest BCUT2D eigenvalue weighted by molar-refractivity contribution is 5.28. The van der Waals surface area contributed by atoms with Crippen LogP contribution in [0.2, 0.25) is 0 Å². The smallest absolute Gasteiger partial charge is 0.124 e. The van der Waals surface area contributed by atoms with Gasteiger partial charge in [0.1, 0.15) is 11.9 Å². The van der Waals surface area contributed by atoms with Crippen molar-refractivity contribution in [1.29, 1.82) is 0 Å². The molecule has 0 aliphatic carbocycles. The van der Waals surface area contributed by atoms with Crippen LogP contribution < -0.4 is 4.74 Å². The zero-order valence-corrected chi connectivity index (χ0v) is 16.2. The topological polar surface area (TPSA) is 39.5 Å². The van der Waals surface area contributed by atoms with E-state index in [1.165, 1.54) is 5.56 Å². The number of methoxy groups -OCH3 is 1. The molecule has 0 N–H and O–H groups in total. The monoisotopic (exact) mass is 365 g/mol. The molecule has 0 aliphatic heterocycles. The Balaban J connectivity index is 1.60. The normalized spacial score (nSPS) is 12.3. The number of hydrogen-bond acceptors (Lipinski definition) is 4. The molecule has 1 atom stereocenters. The Kier molecular flexibility index (Phi) is 6.63. The van der Waals surface area contributed by atoms with Gasteiger partial charge in [-0.2, -0.15) is 5.10 Å². The summed E-state index contributed by atoms with van der Waals surface area (Å²) in [6.07, 6.45) is 1.69. The number of hydrogen-bond donors (Lipinski definition) is 0. The molecule has 0 fully saturated rings. The van der Waals surface area contributed by atoms with E-state index in [1.54, 1.807) is 7.11 Å². The summed E-state index contributed by atoms with van der Waals surface area (Å²) in [6.45, 7) is 2.31. The van der Waals surface area contributed by atoms with Crippen molar-refractivity contribution in [1.82, 2.24) is 14.7 Å². The van der Waals surface area contributed by atoms with Crippen molar-refractivity contribution < 1.29 is 9.47 Å². The predicted octanol–water partition coefficient (Wildman–Crippen LogP) is 3.67. The summed E-state index contributed by atoms with van der Waals surface area (Å²) in [5, 5.41) is 4.29. The van der Waals surface area contributed by atoms with Gasteiger partial charge in [0.05, 0.1) is 19.4 Å². The fourth-order valence-electron chi connectivity index (χ4n) is 3.11. The Labute approximate surface area is 161 Å². The molecule has 27 heavy (non-hydrogen) atoms. The maximum atomic E-state index is 6.28. The molecule has 0 spiro atoms. The Morgan fingerprint density at radius 2 is 1.89 bits per heavy atom. The Morgan fingerprint density at radius 3 is 2.59 bits per heavy atom. The lowest BCUT2D eigenvalue weighted by Gasteiger charge is -2.22. The maximum absolute atomic E-state index is 6.28. The molecule has 1 unspecified atom stereocenters. The van der Waals surface area contributed by atoms with Crippen molar-refractivity contribution in [2.24, 2.45) is 7.05 Å². The fraction of sp³-hybridized carbons (Fsp3) is 0.318. The van der Waals surface area contributed by atoms with Gasteiger partial charge in [0.15, 0.2) is 0 Å². The van der Waals surface area contributed by atoms with Gasteiger partial charge < -0.3 is 9.47 Å². The average molecular weight is 365 g/mol. The third-order valence-corrected chi connectivity index (χ3v) is 4.57. The second-order valence-electron chi connectivity index (χ2n) is 6.63. The quantitative estimate of drug-likeness (QED) is 0.580. The number of nitrogens with zero attached hydrogens (tertiary/aromatic N) is 3. The Morgan fingerprint density at radius 1 is 1.07 bits per heavy atom. The molecule has 0 amide bonds. The van der Waals surface area contributed by atoms with E-state index in [1.807, 2.05) is 54.3 Å². The lowest BCUT2D eigenvalue weighted by Crippen LogP contribution is -2.24. The molecule has 1 heterocycles. The number of likely N-dealkylation sites (N-methyl/N-ethyl adjacent to an activating group) is 1. The second kappa shape index (κ2) is 9.35. The number of aromatic nitrogens is 2. The first-order valence-electron chi connectivity index (χ1n) is 9.13. The van der Waals surface area contributed by atoms with E-state index in [-0.39, 0.29) is 6.10 Å². The minimum atomic E-state index is -0.121. The third kappa shape index (κ3) is 5.18. The summed E-state index contributed by atoms with van der Waals surface area (Å²) in [6, 6.07) is 20.5. The van der Waals surface area contributed by atoms with Crippen molar-refractivity contribution in [3.8, 4) is 5.75 Å². The van der Waals surface area contributed by atoms with Crippen LogP contribution in [0.1, 0.15) is 22.9 Å². The van der Waals surface area contributed by atoms with Crippen molar-refractivity contribution in [3.05, 3.63) is 83.7 Å². The zero-order valence-electron chi connectivity index (χ0n) is 16.2. The molecule has 3 rings (SSSR count). The summed E-state index contributed by atoms with van der Waals surface area (Å²) in [5.74, 6) is 0.887. The molecular formula is C22H27N3O2. The van der Waals surface area contributed by atoms with Crippen molar-refractivity contribution >= 4 is 0 Å². The molecule has 0 saturated heterocycles. The minimum absolute atomic E-state index is 0.121. The largest absolute Gasteiger partial charge is 0.497 e. The summed E-state index contributed by atoms with van der Waals surface area (Å²) in [4.78, 5) is 2.25. The van der Waals surface area contributed by atoms with Gasteiger partial charge in [-0.1, -0.05) is 42.5 Å². The van der Waals surface area contributed by atoms with Crippen molar-refractivity contribution in [3.63, 3.8) is 0 Å².